The van der Waals surface area contributed by atoms with E-state index < -0.39 is 11.0 Å². The van der Waals surface area contributed by atoms with Gasteiger partial charge in [-0.15, -0.1) is 0 Å². The van der Waals surface area contributed by atoms with Crippen LogP contribution in [0.2, 0.25) is 0 Å². The molecular formula is C24H25N3O5. The van der Waals surface area contributed by atoms with E-state index in [-0.39, 0.29) is 28.3 Å². The minimum Gasteiger partial charge on any atom is -0.450 e. The molecule has 0 bridgehead atoms. The summed E-state index contributed by atoms with van der Waals surface area (Å²) in [5.41, 5.74) is 0.760. The Morgan fingerprint density at radius 1 is 1.09 bits per heavy atom. The summed E-state index contributed by atoms with van der Waals surface area (Å²) >= 11 is 0. The van der Waals surface area contributed by atoms with E-state index in [0.29, 0.717) is 29.5 Å². The minimum atomic E-state index is -0.727. The van der Waals surface area contributed by atoms with Crippen LogP contribution in [0.3, 0.4) is 0 Å². The molecule has 1 aromatic heterocycles. The summed E-state index contributed by atoms with van der Waals surface area (Å²) < 4.78 is 5.89. The van der Waals surface area contributed by atoms with E-state index >= 15 is 0 Å². The molecule has 2 aromatic carbocycles. The zero-order valence-corrected chi connectivity index (χ0v) is 18.1. The standard InChI is InChI=1S/C24H25N3O5/c1-3-25(4-2)13-8-14-26-21(16-9-7-10-17(15-16)27(30)31)20-22(28)18-11-5-6-12-19(18)32-23(20)24(26)29/h5-7,9-12,15,21H,3-4,8,13-14H2,1-2H3/t21-/m1/s1. The minimum absolute atomic E-state index is 0.0213. The summed E-state index contributed by atoms with van der Waals surface area (Å²) in [5, 5.41) is 11.7. The Hall–Kier alpha value is -3.52. The van der Waals surface area contributed by atoms with E-state index in [1.165, 1.54) is 12.1 Å². The van der Waals surface area contributed by atoms with E-state index in [9.17, 15) is 19.7 Å². The van der Waals surface area contributed by atoms with Gasteiger partial charge in [0.05, 0.1) is 21.9 Å². The van der Waals surface area contributed by atoms with Crippen LogP contribution in [0.25, 0.3) is 11.0 Å². The molecule has 0 saturated carbocycles. The van der Waals surface area contributed by atoms with Crippen molar-refractivity contribution < 1.29 is 14.1 Å². The smallest absolute Gasteiger partial charge is 0.290 e. The first-order valence-electron chi connectivity index (χ1n) is 10.8. The summed E-state index contributed by atoms with van der Waals surface area (Å²) in [6.07, 6.45) is 0.709. The van der Waals surface area contributed by atoms with Gasteiger partial charge in [-0.1, -0.05) is 38.1 Å². The highest BCUT2D eigenvalue weighted by molar-refractivity contribution is 5.99. The molecule has 8 heteroatoms. The largest absolute Gasteiger partial charge is 0.450 e. The highest BCUT2D eigenvalue weighted by atomic mass is 16.6. The number of nitro groups is 1. The topological polar surface area (TPSA) is 96.9 Å². The molecule has 4 rings (SSSR count). The number of carbonyl (C=O) groups excluding carboxylic acids is 1. The molecular weight excluding hydrogens is 410 g/mol. The van der Waals surface area contributed by atoms with Crippen LogP contribution in [-0.2, 0) is 0 Å². The molecule has 8 nitrogen and oxygen atoms in total. The summed E-state index contributed by atoms with van der Waals surface area (Å²) in [5.74, 6) is -0.341. The Kier molecular flexibility index (Phi) is 6.05. The lowest BCUT2D eigenvalue weighted by Gasteiger charge is -2.26. The van der Waals surface area contributed by atoms with Crippen molar-refractivity contribution in [2.24, 2.45) is 0 Å². The number of amides is 1. The first-order chi connectivity index (χ1) is 15.5. The van der Waals surface area contributed by atoms with Crippen LogP contribution in [-0.4, -0.2) is 46.8 Å². The number of para-hydroxylation sites is 1. The Balaban J connectivity index is 1.81. The molecule has 0 radical (unpaired) electrons. The lowest BCUT2D eigenvalue weighted by atomic mass is 9.98. The number of fused-ring (bicyclic) bond motifs is 2. The van der Waals surface area contributed by atoms with Crippen LogP contribution in [0.4, 0.5) is 5.69 Å². The normalized spacial score (nSPS) is 15.5. The molecule has 166 valence electrons. The molecule has 1 amide bonds. The molecule has 0 unspecified atom stereocenters. The van der Waals surface area contributed by atoms with E-state index in [2.05, 4.69) is 18.7 Å². The summed E-state index contributed by atoms with van der Waals surface area (Å²) in [4.78, 5) is 41.5. The van der Waals surface area contributed by atoms with Crippen molar-refractivity contribution in [3.8, 4) is 0 Å². The number of nitro benzene ring substituents is 1. The molecule has 2 heterocycles. The maximum atomic E-state index is 13.4. The third kappa shape index (κ3) is 3.78. The molecule has 0 N–H and O–H groups in total. The predicted molar refractivity (Wildman–Crippen MR) is 121 cm³/mol. The lowest BCUT2D eigenvalue weighted by Crippen LogP contribution is -2.33. The average Bonchev–Trinajstić information content (AvgIpc) is 3.09. The van der Waals surface area contributed by atoms with Gasteiger partial charge < -0.3 is 14.2 Å². The number of hydrogen-bond donors (Lipinski definition) is 0. The van der Waals surface area contributed by atoms with Crippen molar-refractivity contribution in [3.05, 3.63) is 85.8 Å². The van der Waals surface area contributed by atoms with Gasteiger partial charge in [0.2, 0.25) is 5.76 Å². The van der Waals surface area contributed by atoms with Crippen LogP contribution in [0.1, 0.15) is 48.0 Å². The van der Waals surface area contributed by atoms with Crippen LogP contribution < -0.4 is 5.43 Å². The van der Waals surface area contributed by atoms with Crippen LogP contribution in [0.5, 0.6) is 0 Å². The van der Waals surface area contributed by atoms with Gasteiger partial charge in [0.1, 0.15) is 5.58 Å². The molecule has 0 fully saturated rings. The molecule has 0 aliphatic carbocycles. The average molecular weight is 435 g/mol. The molecule has 1 aliphatic heterocycles. The highest BCUT2D eigenvalue weighted by Crippen LogP contribution is 2.39. The molecule has 3 aromatic rings. The highest BCUT2D eigenvalue weighted by Gasteiger charge is 2.42. The van der Waals surface area contributed by atoms with Gasteiger partial charge in [-0.3, -0.25) is 19.7 Å². The number of hydrogen-bond acceptors (Lipinski definition) is 6. The van der Waals surface area contributed by atoms with Crippen molar-refractivity contribution in [2.75, 3.05) is 26.2 Å². The van der Waals surface area contributed by atoms with Gasteiger partial charge >= 0.3 is 0 Å². The number of carbonyl (C=O) groups is 1. The van der Waals surface area contributed by atoms with Crippen molar-refractivity contribution in [3.63, 3.8) is 0 Å². The zero-order chi connectivity index (χ0) is 22.8. The molecule has 32 heavy (non-hydrogen) atoms. The van der Waals surface area contributed by atoms with Gasteiger partial charge in [-0.2, -0.15) is 0 Å². The van der Waals surface area contributed by atoms with Gasteiger partial charge in [-0.25, -0.2) is 0 Å². The van der Waals surface area contributed by atoms with E-state index in [1.807, 2.05) is 0 Å². The second-order valence-corrected chi connectivity index (χ2v) is 7.80. The molecule has 1 aliphatic rings. The van der Waals surface area contributed by atoms with Gasteiger partial charge in [0.25, 0.3) is 11.6 Å². The Labute approximate surface area is 185 Å². The fourth-order valence-corrected chi connectivity index (χ4v) is 4.36. The number of benzene rings is 2. The maximum Gasteiger partial charge on any atom is 0.290 e. The molecule has 1 atom stereocenters. The second kappa shape index (κ2) is 8.92. The predicted octanol–water partition coefficient (Wildman–Crippen LogP) is 3.98. The van der Waals surface area contributed by atoms with Crippen molar-refractivity contribution in [2.45, 2.75) is 26.3 Å². The van der Waals surface area contributed by atoms with E-state index in [1.54, 1.807) is 41.3 Å². The first-order valence-corrected chi connectivity index (χ1v) is 10.8. The van der Waals surface area contributed by atoms with E-state index in [0.717, 1.165) is 19.6 Å². The Morgan fingerprint density at radius 2 is 1.84 bits per heavy atom. The summed E-state index contributed by atoms with van der Waals surface area (Å²) in [7, 11) is 0. The van der Waals surface area contributed by atoms with Crippen molar-refractivity contribution in [1.82, 2.24) is 9.80 Å². The Morgan fingerprint density at radius 3 is 2.56 bits per heavy atom. The number of non-ortho nitro benzene ring substituents is 1. The fraction of sp³-hybridized carbons (Fsp3) is 0.333. The van der Waals surface area contributed by atoms with Gasteiger partial charge in [-0.05, 0) is 43.8 Å². The number of nitrogens with zero attached hydrogens (tertiary/aromatic N) is 3. The third-order valence-corrected chi connectivity index (χ3v) is 6.04. The summed E-state index contributed by atoms with van der Waals surface area (Å²) in [6, 6.07) is 12.2. The maximum absolute atomic E-state index is 13.4. The van der Waals surface area contributed by atoms with Crippen LogP contribution in [0.15, 0.2) is 57.7 Å². The molecule has 0 saturated heterocycles. The van der Waals surface area contributed by atoms with Crippen molar-refractivity contribution in [1.29, 1.82) is 0 Å². The van der Waals surface area contributed by atoms with Crippen LogP contribution in [0, 0.1) is 10.1 Å². The lowest BCUT2D eigenvalue weighted by molar-refractivity contribution is -0.384. The number of rotatable bonds is 8. The zero-order valence-electron chi connectivity index (χ0n) is 18.1. The quantitative estimate of drug-likeness (QED) is 0.392. The Bertz CT molecular complexity index is 1230. The second-order valence-electron chi connectivity index (χ2n) is 7.80. The van der Waals surface area contributed by atoms with Gasteiger partial charge in [0, 0.05) is 18.7 Å². The van der Waals surface area contributed by atoms with Crippen molar-refractivity contribution >= 4 is 22.6 Å². The van der Waals surface area contributed by atoms with Gasteiger partial charge in [0.15, 0.2) is 5.43 Å². The SMILES string of the molecule is CCN(CC)CCCN1C(=O)c2oc3ccccc3c(=O)c2[C@H]1c1cccc([N+](=O)[O-])c1. The van der Waals surface area contributed by atoms with E-state index in [4.69, 9.17) is 4.42 Å². The van der Waals surface area contributed by atoms with Crippen LogP contribution >= 0.6 is 0 Å². The third-order valence-electron chi connectivity index (χ3n) is 6.04. The monoisotopic (exact) mass is 435 g/mol. The summed E-state index contributed by atoms with van der Waals surface area (Å²) in [6.45, 7) is 7.19. The molecule has 0 spiro atoms. The first kappa shape index (κ1) is 21.7. The fourth-order valence-electron chi connectivity index (χ4n) is 4.36.